The number of aliphatic carboxylic acids is 1. The summed E-state index contributed by atoms with van der Waals surface area (Å²) in [7, 11) is 0. The van der Waals surface area contributed by atoms with Crippen LogP contribution in [0.4, 0.5) is 0 Å². The summed E-state index contributed by atoms with van der Waals surface area (Å²) in [6.07, 6.45) is 2.61. The van der Waals surface area contributed by atoms with E-state index in [4.69, 9.17) is 0 Å². The molecule has 0 unspecified atom stereocenters. The molecule has 0 radical (unpaired) electrons. The molecule has 0 saturated heterocycles. The molecule has 0 heterocycles. The van der Waals surface area contributed by atoms with Crippen molar-refractivity contribution in [2.45, 2.75) is 44.6 Å². The third-order valence-corrected chi connectivity index (χ3v) is 4.19. The second-order valence-electron chi connectivity index (χ2n) is 5.96. The second-order valence-corrected chi connectivity index (χ2v) is 5.96. The van der Waals surface area contributed by atoms with Crippen LogP contribution in [0.15, 0.2) is 24.3 Å². The number of amides is 1. The van der Waals surface area contributed by atoms with E-state index in [1.165, 1.54) is 12.1 Å². The van der Waals surface area contributed by atoms with Crippen molar-refractivity contribution in [3.63, 3.8) is 0 Å². The Morgan fingerprint density at radius 1 is 1.33 bits per heavy atom. The molecular formula is C16H21NO4. The topological polar surface area (TPSA) is 86.6 Å². The zero-order valence-electron chi connectivity index (χ0n) is 12.1. The van der Waals surface area contributed by atoms with Crippen LogP contribution < -0.4 is 5.32 Å². The standard InChI is InChI=1S/C16H21NO4/c1-11-5-7-16(8-6-11,15(20)21)17-14(19)10-12-3-2-4-13(18)9-12/h2-4,9,11,18H,5-8,10H2,1H3,(H,17,19)(H,20,21). The lowest BCUT2D eigenvalue weighted by Gasteiger charge is -2.36. The zero-order chi connectivity index (χ0) is 15.5. The number of hydrogen-bond acceptors (Lipinski definition) is 3. The first-order valence-corrected chi connectivity index (χ1v) is 7.23. The van der Waals surface area contributed by atoms with E-state index in [1.54, 1.807) is 12.1 Å². The quantitative estimate of drug-likeness (QED) is 0.792. The molecule has 2 rings (SSSR count). The summed E-state index contributed by atoms with van der Waals surface area (Å²) in [5.41, 5.74) is -0.474. The summed E-state index contributed by atoms with van der Waals surface area (Å²) in [6.45, 7) is 2.10. The molecule has 1 aromatic carbocycles. The van der Waals surface area contributed by atoms with Crippen LogP contribution in [0, 0.1) is 5.92 Å². The van der Waals surface area contributed by atoms with Crippen molar-refractivity contribution < 1.29 is 19.8 Å². The Bertz CT molecular complexity index is 533. The van der Waals surface area contributed by atoms with Gasteiger partial charge in [-0.3, -0.25) is 4.79 Å². The molecule has 5 nitrogen and oxygen atoms in total. The molecule has 114 valence electrons. The van der Waals surface area contributed by atoms with Gasteiger partial charge in [-0.05, 0) is 49.3 Å². The van der Waals surface area contributed by atoms with Gasteiger partial charge in [-0.2, -0.15) is 0 Å². The highest BCUT2D eigenvalue weighted by Gasteiger charge is 2.42. The van der Waals surface area contributed by atoms with Gasteiger partial charge in [-0.15, -0.1) is 0 Å². The minimum absolute atomic E-state index is 0.0684. The summed E-state index contributed by atoms with van der Waals surface area (Å²) in [5, 5.41) is 21.6. The highest BCUT2D eigenvalue weighted by molar-refractivity contribution is 5.88. The number of carbonyl (C=O) groups is 2. The van der Waals surface area contributed by atoms with Gasteiger partial charge in [-0.1, -0.05) is 19.1 Å². The molecule has 0 atom stereocenters. The normalized spacial score (nSPS) is 25.3. The molecule has 0 spiro atoms. The number of aromatic hydroxyl groups is 1. The molecule has 1 fully saturated rings. The maximum absolute atomic E-state index is 12.1. The van der Waals surface area contributed by atoms with Gasteiger partial charge in [0.25, 0.3) is 0 Å². The Morgan fingerprint density at radius 2 is 2.00 bits per heavy atom. The first-order chi connectivity index (χ1) is 9.91. The minimum atomic E-state index is -1.14. The molecule has 0 aromatic heterocycles. The van der Waals surface area contributed by atoms with Crippen molar-refractivity contribution in [1.82, 2.24) is 5.32 Å². The van der Waals surface area contributed by atoms with Gasteiger partial charge >= 0.3 is 5.97 Å². The highest BCUT2D eigenvalue weighted by atomic mass is 16.4. The maximum Gasteiger partial charge on any atom is 0.329 e. The van der Waals surface area contributed by atoms with E-state index < -0.39 is 11.5 Å². The van der Waals surface area contributed by atoms with Crippen LogP contribution in [0.25, 0.3) is 0 Å². The zero-order valence-corrected chi connectivity index (χ0v) is 12.1. The number of phenols is 1. The van der Waals surface area contributed by atoms with Gasteiger partial charge in [0.1, 0.15) is 11.3 Å². The Hall–Kier alpha value is -2.04. The van der Waals surface area contributed by atoms with Crippen molar-refractivity contribution in [1.29, 1.82) is 0 Å². The minimum Gasteiger partial charge on any atom is -0.508 e. The van der Waals surface area contributed by atoms with Gasteiger partial charge in [-0.25, -0.2) is 4.79 Å². The molecular weight excluding hydrogens is 270 g/mol. The van der Waals surface area contributed by atoms with Gasteiger partial charge in [0, 0.05) is 0 Å². The second kappa shape index (κ2) is 6.16. The monoisotopic (exact) mass is 291 g/mol. The van der Waals surface area contributed by atoms with Crippen molar-refractivity contribution >= 4 is 11.9 Å². The molecule has 1 amide bonds. The number of carbonyl (C=O) groups excluding carboxylic acids is 1. The first kappa shape index (κ1) is 15.4. The van der Waals surface area contributed by atoms with E-state index >= 15 is 0 Å². The number of phenolic OH excluding ortho intramolecular Hbond substituents is 1. The predicted octanol–water partition coefficient (Wildman–Crippen LogP) is 2.08. The van der Waals surface area contributed by atoms with Crippen molar-refractivity contribution in [2.75, 3.05) is 0 Å². The van der Waals surface area contributed by atoms with E-state index in [0.29, 0.717) is 24.3 Å². The molecule has 3 N–H and O–H groups in total. The lowest BCUT2D eigenvalue weighted by Crippen LogP contribution is -2.56. The van der Waals surface area contributed by atoms with Gasteiger partial charge in [0.05, 0.1) is 6.42 Å². The summed E-state index contributed by atoms with van der Waals surface area (Å²) < 4.78 is 0. The van der Waals surface area contributed by atoms with E-state index in [-0.39, 0.29) is 18.1 Å². The highest BCUT2D eigenvalue weighted by Crippen LogP contribution is 2.32. The molecule has 0 bridgehead atoms. The third kappa shape index (κ3) is 3.74. The molecule has 1 aliphatic rings. The Kier molecular flexibility index (Phi) is 4.50. The molecule has 5 heteroatoms. The van der Waals surface area contributed by atoms with E-state index in [9.17, 15) is 19.8 Å². The fraction of sp³-hybridized carbons (Fsp3) is 0.500. The number of hydrogen-bond donors (Lipinski definition) is 3. The number of benzene rings is 1. The van der Waals surface area contributed by atoms with Crippen LogP contribution >= 0.6 is 0 Å². The van der Waals surface area contributed by atoms with Gasteiger partial charge in [0.15, 0.2) is 0 Å². The van der Waals surface area contributed by atoms with Crippen LogP contribution in [0.1, 0.15) is 38.2 Å². The summed E-state index contributed by atoms with van der Waals surface area (Å²) in [5.74, 6) is -0.684. The van der Waals surface area contributed by atoms with E-state index in [0.717, 1.165) is 12.8 Å². The van der Waals surface area contributed by atoms with E-state index in [1.807, 2.05) is 0 Å². The largest absolute Gasteiger partial charge is 0.508 e. The lowest BCUT2D eigenvalue weighted by molar-refractivity contribution is -0.149. The van der Waals surface area contributed by atoms with Crippen LogP contribution in [0.2, 0.25) is 0 Å². The van der Waals surface area contributed by atoms with Gasteiger partial charge < -0.3 is 15.5 Å². The first-order valence-electron chi connectivity index (χ1n) is 7.23. The van der Waals surface area contributed by atoms with Crippen molar-refractivity contribution in [3.05, 3.63) is 29.8 Å². The maximum atomic E-state index is 12.1. The van der Waals surface area contributed by atoms with Crippen LogP contribution in [0.3, 0.4) is 0 Å². The smallest absolute Gasteiger partial charge is 0.329 e. The van der Waals surface area contributed by atoms with Crippen LogP contribution in [-0.4, -0.2) is 27.6 Å². The summed E-state index contributed by atoms with van der Waals surface area (Å²) >= 11 is 0. The summed E-state index contributed by atoms with van der Waals surface area (Å²) in [4.78, 5) is 23.7. The molecule has 1 aromatic rings. The number of carboxylic acid groups (broad SMARTS) is 1. The lowest BCUT2D eigenvalue weighted by atomic mass is 9.77. The van der Waals surface area contributed by atoms with Gasteiger partial charge in [0.2, 0.25) is 5.91 Å². The van der Waals surface area contributed by atoms with E-state index in [2.05, 4.69) is 12.2 Å². The molecule has 1 saturated carbocycles. The van der Waals surface area contributed by atoms with Crippen LogP contribution in [0.5, 0.6) is 5.75 Å². The third-order valence-electron chi connectivity index (χ3n) is 4.19. The Labute approximate surface area is 124 Å². The number of nitrogens with one attached hydrogen (secondary N) is 1. The Balaban J connectivity index is 2.04. The fourth-order valence-electron chi connectivity index (χ4n) is 2.81. The number of carboxylic acids is 1. The Morgan fingerprint density at radius 3 is 2.57 bits per heavy atom. The molecule has 21 heavy (non-hydrogen) atoms. The summed E-state index contributed by atoms with van der Waals surface area (Å²) in [6, 6.07) is 6.43. The SMILES string of the molecule is CC1CCC(NC(=O)Cc2cccc(O)c2)(C(=O)O)CC1. The predicted molar refractivity (Wildman–Crippen MR) is 78.0 cm³/mol. The molecule has 0 aliphatic heterocycles. The van der Waals surface area contributed by atoms with Crippen molar-refractivity contribution in [3.8, 4) is 5.75 Å². The average Bonchev–Trinajstić information content (AvgIpc) is 2.41. The molecule has 1 aliphatic carbocycles. The average molecular weight is 291 g/mol. The number of rotatable bonds is 4. The van der Waals surface area contributed by atoms with Crippen molar-refractivity contribution in [2.24, 2.45) is 5.92 Å². The van der Waals surface area contributed by atoms with Crippen LogP contribution in [-0.2, 0) is 16.0 Å². The fourth-order valence-corrected chi connectivity index (χ4v) is 2.81.